The number of hydrogen-bond donors (Lipinski definition) is 0. The average Bonchev–Trinajstić information content (AvgIpc) is 3.97. The van der Waals surface area contributed by atoms with Gasteiger partial charge in [0.1, 0.15) is 11.6 Å². The quantitative estimate of drug-likeness (QED) is 0.124. The maximum Gasteiger partial charge on any atom is 0.144 e. The van der Waals surface area contributed by atoms with Crippen molar-refractivity contribution in [3.8, 4) is 56.4 Å². The second-order valence-electron chi connectivity index (χ2n) is 16.1. The van der Waals surface area contributed by atoms with Gasteiger partial charge in [0.15, 0.2) is 0 Å². The van der Waals surface area contributed by atoms with E-state index in [0.717, 1.165) is 48.5 Å². The molecule has 4 heteroatoms. The van der Waals surface area contributed by atoms with Crippen molar-refractivity contribution in [2.24, 2.45) is 0 Å². The van der Waals surface area contributed by atoms with Gasteiger partial charge in [-0.1, -0.05) is 133 Å². The molecule has 60 heavy (non-hydrogen) atoms. The van der Waals surface area contributed by atoms with E-state index in [1.165, 1.54) is 78.1 Å². The minimum Gasteiger partial charge on any atom is -0.299 e. The van der Waals surface area contributed by atoms with E-state index in [9.17, 15) is 0 Å². The molecule has 0 unspecified atom stereocenters. The van der Waals surface area contributed by atoms with Crippen LogP contribution in [0.1, 0.15) is 44.5 Å². The van der Waals surface area contributed by atoms with Gasteiger partial charge in [-0.15, -0.1) is 0 Å². The summed E-state index contributed by atoms with van der Waals surface area (Å²) in [5, 5.41) is 0. The summed E-state index contributed by atoms with van der Waals surface area (Å²) in [6, 6.07) is 57.4. The van der Waals surface area contributed by atoms with Crippen LogP contribution in [-0.2, 0) is 25.7 Å². The van der Waals surface area contributed by atoms with Crippen LogP contribution in [-0.4, -0.2) is 19.1 Å². The van der Waals surface area contributed by atoms with Crippen LogP contribution in [0, 0.1) is 27.7 Å². The molecule has 2 aromatic heterocycles. The lowest BCUT2D eigenvalue weighted by atomic mass is 9.98. The molecule has 0 saturated carbocycles. The highest BCUT2D eigenvalue weighted by atomic mass is 15.1. The molecule has 4 nitrogen and oxygen atoms in total. The van der Waals surface area contributed by atoms with Crippen molar-refractivity contribution in [1.82, 2.24) is 19.1 Å². The largest absolute Gasteiger partial charge is 0.299 e. The van der Waals surface area contributed by atoms with E-state index < -0.39 is 0 Å². The Morgan fingerprint density at radius 1 is 0.333 bits per heavy atom. The van der Waals surface area contributed by atoms with Crippen molar-refractivity contribution in [2.75, 3.05) is 0 Å². The van der Waals surface area contributed by atoms with E-state index in [1.807, 2.05) is 12.4 Å². The number of benzene rings is 7. The highest BCUT2D eigenvalue weighted by molar-refractivity contribution is 5.72. The van der Waals surface area contributed by atoms with Crippen LogP contribution in [0.2, 0.25) is 0 Å². The Morgan fingerprint density at radius 3 is 1.08 bits per heavy atom. The number of hydrogen-bond acceptors (Lipinski definition) is 2. The molecule has 294 valence electrons. The first-order valence-corrected chi connectivity index (χ1v) is 21.1. The smallest absolute Gasteiger partial charge is 0.144 e. The maximum atomic E-state index is 4.80. The minimum atomic E-state index is 0.962. The van der Waals surface area contributed by atoms with E-state index in [-0.39, 0.29) is 0 Å². The lowest BCUT2D eigenvalue weighted by molar-refractivity contribution is 0.930. The van der Waals surface area contributed by atoms with Gasteiger partial charge in [-0.25, -0.2) is 9.97 Å². The Labute approximate surface area is 354 Å². The molecular weight excluding hydrogens is 729 g/mol. The van der Waals surface area contributed by atoms with Crippen molar-refractivity contribution in [3.63, 3.8) is 0 Å². The van der Waals surface area contributed by atoms with Crippen molar-refractivity contribution in [2.45, 2.75) is 53.4 Å². The lowest BCUT2D eigenvalue weighted by Crippen LogP contribution is -2.02. The second-order valence-corrected chi connectivity index (χ2v) is 16.1. The predicted octanol–water partition coefficient (Wildman–Crippen LogP) is 13.5. The highest BCUT2D eigenvalue weighted by Crippen LogP contribution is 2.33. The molecule has 0 amide bonds. The maximum absolute atomic E-state index is 4.80. The number of aryl methyl sites for hydroxylation is 8. The third-order valence-corrected chi connectivity index (χ3v) is 11.8. The van der Waals surface area contributed by atoms with Crippen LogP contribution >= 0.6 is 0 Å². The van der Waals surface area contributed by atoms with E-state index >= 15 is 0 Å². The molecule has 0 aliphatic rings. The van der Waals surface area contributed by atoms with Crippen molar-refractivity contribution < 1.29 is 0 Å². The Morgan fingerprint density at radius 2 is 0.700 bits per heavy atom. The number of imidazole rings is 2. The van der Waals surface area contributed by atoms with Crippen molar-refractivity contribution in [3.05, 3.63) is 227 Å². The number of rotatable bonds is 12. The van der Waals surface area contributed by atoms with E-state index in [2.05, 4.69) is 207 Å². The fraction of sp³-hybridized carbons (Fsp3) is 0.143. The van der Waals surface area contributed by atoms with Crippen LogP contribution in [0.25, 0.3) is 56.4 Å². The predicted molar refractivity (Wildman–Crippen MR) is 249 cm³/mol. The molecule has 2 heterocycles. The number of nitrogens with zero attached hydrogens (tertiary/aromatic N) is 4. The standard InChI is InChI=1S/C56H50N4/c1-39-34-51(47-14-7-5-8-15-47)35-40(2)53(39)59-32-30-57-55(59)49-26-22-43(23-27-49)18-20-45-12-11-13-46(38-45)21-19-44-24-28-50(29-25-44)56-58-31-33-60(56)54-41(3)36-52(37-42(54)4)48-16-9-6-10-17-48/h5-17,22-38H,18-21H2,1-4H3. The Bertz CT molecular complexity index is 2640. The molecule has 0 radical (unpaired) electrons. The molecule has 0 aliphatic carbocycles. The molecule has 0 atom stereocenters. The summed E-state index contributed by atoms with van der Waals surface area (Å²) in [6.45, 7) is 8.78. The third-order valence-electron chi connectivity index (χ3n) is 11.8. The average molecular weight is 779 g/mol. The molecule has 0 aliphatic heterocycles. The number of aromatic nitrogens is 4. The van der Waals surface area contributed by atoms with Crippen LogP contribution in [0.15, 0.2) is 183 Å². The second kappa shape index (κ2) is 17.1. The van der Waals surface area contributed by atoms with E-state index in [4.69, 9.17) is 9.97 Å². The zero-order valence-electron chi connectivity index (χ0n) is 34.9. The first-order chi connectivity index (χ1) is 29.4. The van der Waals surface area contributed by atoms with Gasteiger partial charge in [0.05, 0.1) is 11.4 Å². The van der Waals surface area contributed by atoms with Gasteiger partial charge in [0.25, 0.3) is 0 Å². The normalized spacial score (nSPS) is 11.3. The van der Waals surface area contributed by atoms with Crippen molar-refractivity contribution >= 4 is 0 Å². The Kier molecular flexibility index (Phi) is 10.9. The van der Waals surface area contributed by atoms with Gasteiger partial charge in [0, 0.05) is 35.9 Å². The minimum absolute atomic E-state index is 0.962. The van der Waals surface area contributed by atoms with Crippen LogP contribution in [0.4, 0.5) is 0 Å². The van der Waals surface area contributed by atoms with Gasteiger partial charge < -0.3 is 0 Å². The lowest BCUT2D eigenvalue weighted by Gasteiger charge is -2.16. The molecule has 0 spiro atoms. The van der Waals surface area contributed by atoms with Crippen molar-refractivity contribution in [1.29, 1.82) is 0 Å². The van der Waals surface area contributed by atoms with Gasteiger partial charge >= 0.3 is 0 Å². The van der Waals surface area contributed by atoms with Gasteiger partial charge in [-0.3, -0.25) is 9.13 Å². The molecule has 7 aromatic carbocycles. The summed E-state index contributed by atoms with van der Waals surface area (Å²) in [5.41, 5.74) is 19.9. The SMILES string of the molecule is Cc1cc(-c2ccccc2)cc(C)c1-n1ccnc1-c1ccc(CCc2cccc(CCc3ccc(-c4nccn4-c4c(C)cc(-c5ccccc5)cc4C)cc3)c2)cc1. The Hall–Kier alpha value is -7.04. The summed E-state index contributed by atoms with van der Waals surface area (Å²) >= 11 is 0. The summed E-state index contributed by atoms with van der Waals surface area (Å²) in [6.07, 6.45) is 12.0. The first kappa shape index (κ1) is 38.5. The summed E-state index contributed by atoms with van der Waals surface area (Å²) in [5.74, 6) is 1.92. The molecular formula is C56H50N4. The van der Waals surface area contributed by atoms with Gasteiger partial charge in [-0.05, 0) is 144 Å². The molecule has 0 fully saturated rings. The van der Waals surface area contributed by atoms with E-state index in [0.29, 0.717) is 0 Å². The monoisotopic (exact) mass is 778 g/mol. The molecule has 9 aromatic rings. The summed E-state index contributed by atoms with van der Waals surface area (Å²) in [7, 11) is 0. The zero-order valence-corrected chi connectivity index (χ0v) is 34.9. The highest BCUT2D eigenvalue weighted by Gasteiger charge is 2.16. The fourth-order valence-electron chi connectivity index (χ4n) is 8.82. The molecule has 0 bridgehead atoms. The third kappa shape index (κ3) is 8.15. The van der Waals surface area contributed by atoms with Crippen LogP contribution in [0.5, 0.6) is 0 Å². The summed E-state index contributed by atoms with van der Waals surface area (Å²) < 4.78 is 4.47. The topological polar surface area (TPSA) is 35.6 Å². The zero-order chi connectivity index (χ0) is 41.0. The fourth-order valence-corrected chi connectivity index (χ4v) is 8.82. The van der Waals surface area contributed by atoms with Gasteiger partial charge in [-0.2, -0.15) is 0 Å². The van der Waals surface area contributed by atoms with Crippen LogP contribution < -0.4 is 0 Å². The molecule has 0 saturated heterocycles. The van der Waals surface area contributed by atoms with E-state index in [1.54, 1.807) is 0 Å². The molecule has 9 rings (SSSR count). The van der Waals surface area contributed by atoms with Crippen LogP contribution in [0.3, 0.4) is 0 Å². The summed E-state index contributed by atoms with van der Waals surface area (Å²) in [4.78, 5) is 9.61. The van der Waals surface area contributed by atoms with Gasteiger partial charge in [0.2, 0.25) is 0 Å². The Balaban J connectivity index is 0.823. The molecule has 0 N–H and O–H groups in total. The first-order valence-electron chi connectivity index (χ1n) is 21.1.